The summed E-state index contributed by atoms with van der Waals surface area (Å²) in [6.07, 6.45) is 21.1. The molecule has 144 valence electrons. The van der Waals surface area contributed by atoms with E-state index in [1.807, 2.05) is 0 Å². The molecule has 0 unspecified atom stereocenters. The maximum Gasteiger partial charge on any atom is 0.303 e. The van der Waals surface area contributed by atoms with Gasteiger partial charge >= 0.3 is 5.97 Å². The van der Waals surface area contributed by atoms with E-state index in [-0.39, 0.29) is 6.10 Å². The molecule has 0 saturated heterocycles. The Morgan fingerprint density at radius 2 is 1.17 bits per heavy atom. The van der Waals surface area contributed by atoms with E-state index in [1.165, 1.54) is 70.6 Å². The highest BCUT2D eigenvalue weighted by Gasteiger charge is 1.95. The van der Waals surface area contributed by atoms with Gasteiger partial charge in [-0.25, -0.2) is 0 Å². The highest BCUT2D eigenvalue weighted by molar-refractivity contribution is 5.66. The van der Waals surface area contributed by atoms with E-state index in [0.717, 1.165) is 12.8 Å². The molecular formula is C21H42O3. The fourth-order valence-electron chi connectivity index (χ4n) is 2.35. The van der Waals surface area contributed by atoms with Gasteiger partial charge in [-0.2, -0.15) is 0 Å². The minimum absolute atomic E-state index is 0.167. The Bertz CT molecular complexity index is 270. The number of carbonyl (C=O) groups is 1. The summed E-state index contributed by atoms with van der Waals surface area (Å²) in [5.41, 5.74) is 0. The number of carboxylic acids is 1. The molecule has 3 heteroatoms. The minimum atomic E-state index is -0.664. The zero-order valence-corrected chi connectivity index (χ0v) is 16.4. The average Bonchev–Trinajstić information content (AvgIpc) is 2.50. The van der Waals surface area contributed by atoms with Gasteiger partial charge in [0.2, 0.25) is 0 Å². The molecular weight excluding hydrogens is 300 g/mol. The summed E-state index contributed by atoms with van der Waals surface area (Å²) in [6, 6.07) is 0. The molecule has 0 aromatic carbocycles. The van der Waals surface area contributed by atoms with Gasteiger partial charge in [-0.05, 0) is 46.0 Å². The summed E-state index contributed by atoms with van der Waals surface area (Å²) in [4.78, 5) is 10.3. The molecule has 0 aliphatic rings. The van der Waals surface area contributed by atoms with Crippen LogP contribution in [-0.2, 0) is 4.79 Å². The van der Waals surface area contributed by atoms with Crippen LogP contribution in [0.5, 0.6) is 0 Å². The molecule has 0 aliphatic carbocycles. The first kappa shape index (κ1) is 25.4. The molecule has 0 spiro atoms. The second-order valence-electron chi connectivity index (χ2n) is 6.82. The van der Waals surface area contributed by atoms with Gasteiger partial charge in [-0.1, -0.05) is 70.4 Å². The first-order chi connectivity index (χ1) is 11.5. The van der Waals surface area contributed by atoms with Crippen LogP contribution in [0.15, 0.2) is 12.2 Å². The Kier molecular flexibility index (Phi) is 23.5. The fourth-order valence-corrected chi connectivity index (χ4v) is 2.35. The van der Waals surface area contributed by atoms with Crippen LogP contribution in [0.3, 0.4) is 0 Å². The molecule has 0 radical (unpaired) electrons. The Labute approximate surface area is 150 Å². The smallest absolute Gasteiger partial charge is 0.303 e. The van der Waals surface area contributed by atoms with Crippen LogP contribution in [-0.4, -0.2) is 22.3 Å². The monoisotopic (exact) mass is 342 g/mol. The third-order valence-electron chi connectivity index (χ3n) is 3.65. The number of aliphatic carboxylic acids is 1. The first-order valence-electron chi connectivity index (χ1n) is 10.1. The van der Waals surface area contributed by atoms with Crippen molar-refractivity contribution >= 4 is 5.97 Å². The molecule has 3 nitrogen and oxygen atoms in total. The minimum Gasteiger partial charge on any atom is -0.481 e. The summed E-state index contributed by atoms with van der Waals surface area (Å²) < 4.78 is 0. The highest BCUT2D eigenvalue weighted by atomic mass is 16.4. The predicted octanol–water partition coefficient (Wildman–Crippen LogP) is 6.50. The number of unbranched alkanes of at least 4 members (excludes halogenated alkanes) is 11. The Morgan fingerprint density at radius 1 is 0.792 bits per heavy atom. The van der Waals surface area contributed by atoms with Crippen molar-refractivity contribution in [3.63, 3.8) is 0 Å². The fraction of sp³-hybridized carbons (Fsp3) is 0.857. The molecule has 0 rings (SSSR count). The number of hydrogen-bond donors (Lipinski definition) is 2. The van der Waals surface area contributed by atoms with E-state index < -0.39 is 5.97 Å². The molecule has 0 atom stereocenters. The quantitative estimate of drug-likeness (QED) is 0.264. The number of carboxylic acid groups (broad SMARTS) is 1. The summed E-state index contributed by atoms with van der Waals surface area (Å²) in [5, 5.41) is 16.6. The lowest BCUT2D eigenvalue weighted by Crippen LogP contribution is -1.93. The van der Waals surface area contributed by atoms with Gasteiger partial charge in [-0.15, -0.1) is 0 Å². The van der Waals surface area contributed by atoms with E-state index in [9.17, 15) is 4.79 Å². The third-order valence-corrected chi connectivity index (χ3v) is 3.65. The molecule has 0 bridgehead atoms. The first-order valence-corrected chi connectivity index (χ1v) is 10.1. The standard InChI is InChI=1S/C18H34O2.C3H8O/c1-2-3-4-5-6-7-8-9-10-11-12-13-14-15-16-17-18(19)20;1-3(2)4/h9-10H,2-8,11-17H2,1H3,(H,19,20);3-4H,1-2H3. The van der Waals surface area contributed by atoms with E-state index >= 15 is 0 Å². The van der Waals surface area contributed by atoms with Gasteiger partial charge in [0.1, 0.15) is 0 Å². The van der Waals surface area contributed by atoms with Gasteiger partial charge in [0.25, 0.3) is 0 Å². The Morgan fingerprint density at radius 3 is 1.58 bits per heavy atom. The number of rotatable bonds is 15. The SMILES string of the molecule is CC(C)O.CCCCCCCCC=CCCCCCCCC(=O)O. The molecule has 0 saturated carbocycles. The van der Waals surface area contributed by atoms with Crippen LogP contribution in [0.2, 0.25) is 0 Å². The van der Waals surface area contributed by atoms with Crippen LogP contribution in [0.1, 0.15) is 111 Å². The largest absolute Gasteiger partial charge is 0.481 e. The lowest BCUT2D eigenvalue weighted by molar-refractivity contribution is -0.137. The molecule has 0 heterocycles. The van der Waals surface area contributed by atoms with Gasteiger partial charge in [0.05, 0.1) is 0 Å². The highest BCUT2D eigenvalue weighted by Crippen LogP contribution is 2.09. The van der Waals surface area contributed by atoms with Gasteiger partial charge in [0, 0.05) is 12.5 Å². The molecule has 0 aliphatic heterocycles. The third kappa shape index (κ3) is 32.9. The molecule has 0 aromatic rings. The van der Waals surface area contributed by atoms with Crippen molar-refractivity contribution in [3.05, 3.63) is 12.2 Å². The summed E-state index contributed by atoms with van der Waals surface area (Å²) in [7, 11) is 0. The second-order valence-corrected chi connectivity index (χ2v) is 6.82. The van der Waals surface area contributed by atoms with Crippen molar-refractivity contribution in [3.8, 4) is 0 Å². The molecule has 0 aromatic heterocycles. The van der Waals surface area contributed by atoms with Crippen molar-refractivity contribution in [2.75, 3.05) is 0 Å². The van der Waals surface area contributed by atoms with Crippen LogP contribution in [0.4, 0.5) is 0 Å². The zero-order valence-electron chi connectivity index (χ0n) is 16.4. The van der Waals surface area contributed by atoms with E-state index in [1.54, 1.807) is 13.8 Å². The van der Waals surface area contributed by atoms with Crippen molar-refractivity contribution in [2.45, 2.75) is 117 Å². The van der Waals surface area contributed by atoms with Crippen molar-refractivity contribution in [1.82, 2.24) is 0 Å². The van der Waals surface area contributed by atoms with Crippen molar-refractivity contribution < 1.29 is 15.0 Å². The zero-order chi connectivity index (χ0) is 18.5. The van der Waals surface area contributed by atoms with E-state index in [4.69, 9.17) is 10.2 Å². The van der Waals surface area contributed by atoms with Gasteiger partial charge in [0.15, 0.2) is 0 Å². The molecule has 0 fully saturated rings. The van der Waals surface area contributed by atoms with Crippen LogP contribution >= 0.6 is 0 Å². The number of allylic oxidation sites excluding steroid dienone is 2. The average molecular weight is 343 g/mol. The van der Waals surface area contributed by atoms with Gasteiger partial charge in [-0.3, -0.25) is 4.79 Å². The van der Waals surface area contributed by atoms with Crippen molar-refractivity contribution in [1.29, 1.82) is 0 Å². The lowest BCUT2D eigenvalue weighted by Gasteiger charge is -1.99. The number of aliphatic hydroxyl groups is 1. The summed E-state index contributed by atoms with van der Waals surface area (Å²) >= 11 is 0. The Balaban J connectivity index is 0. The molecule has 0 amide bonds. The van der Waals surface area contributed by atoms with E-state index in [2.05, 4.69) is 19.1 Å². The van der Waals surface area contributed by atoms with Crippen molar-refractivity contribution in [2.24, 2.45) is 0 Å². The second kappa shape index (κ2) is 22.2. The van der Waals surface area contributed by atoms with E-state index in [0.29, 0.717) is 6.42 Å². The lowest BCUT2D eigenvalue weighted by atomic mass is 10.1. The summed E-state index contributed by atoms with van der Waals surface area (Å²) in [6.45, 7) is 5.70. The van der Waals surface area contributed by atoms with Crippen LogP contribution < -0.4 is 0 Å². The Hall–Kier alpha value is -0.830. The number of aliphatic hydroxyl groups excluding tert-OH is 1. The van der Waals surface area contributed by atoms with Crippen LogP contribution in [0.25, 0.3) is 0 Å². The normalized spacial score (nSPS) is 10.9. The molecule has 24 heavy (non-hydrogen) atoms. The molecule has 2 N–H and O–H groups in total. The predicted molar refractivity (Wildman–Crippen MR) is 104 cm³/mol. The topological polar surface area (TPSA) is 57.5 Å². The summed E-state index contributed by atoms with van der Waals surface area (Å²) in [5.74, 6) is -0.664. The maximum atomic E-state index is 10.3. The number of hydrogen-bond acceptors (Lipinski definition) is 2. The van der Waals surface area contributed by atoms with Crippen LogP contribution in [0, 0.1) is 0 Å². The van der Waals surface area contributed by atoms with Gasteiger partial charge < -0.3 is 10.2 Å². The maximum absolute atomic E-state index is 10.3.